The number of ether oxygens (including phenoxy) is 1. The molecule has 174 valence electrons. The number of hydrogen-bond donors (Lipinski definition) is 1. The molecule has 1 N–H and O–H groups in total. The molecule has 0 atom stereocenters. The van der Waals surface area contributed by atoms with Crippen LogP contribution in [0.1, 0.15) is 41.7 Å². The van der Waals surface area contributed by atoms with E-state index in [0.717, 1.165) is 42.1 Å². The summed E-state index contributed by atoms with van der Waals surface area (Å²) >= 11 is 0. The minimum atomic E-state index is -0.439. The smallest absolute Gasteiger partial charge is 0.293 e. The van der Waals surface area contributed by atoms with Crippen LogP contribution in [-0.2, 0) is 16.1 Å². The van der Waals surface area contributed by atoms with Gasteiger partial charge in [0.2, 0.25) is 0 Å². The molecule has 7 heteroatoms. The van der Waals surface area contributed by atoms with E-state index in [9.17, 15) is 14.0 Å². The van der Waals surface area contributed by atoms with Crippen molar-refractivity contribution in [2.24, 2.45) is 5.92 Å². The molecule has 0 radical (unpaired) electrons. The first-order chi connectivity index (χ1) is 16.6. The number of rotatable bonds is 7. The lowest BCUT2D eigenvalue weighted by molar-refractivity contribution is -0.135. The number of amides is 1. The fraction of sp³-hybridized carbons (Fsp3) is 0.296. The van der Waals surface area contributed by atoms with E-state index >= 15 is 0 Å². The highest BCUT2D eigenvalue weighted by Gasteiger charge is 2.23. The first-order valence-electron chi connectivity index (χ1n) is 11.6. The van der Waals surface area contributed by atoms with Crippen LogP contribution < -0.4 is 5.32 Å². The van der Waals surface area contributed by atoms with Crippen molar-refractivity contribution in [1.82, 2.24) is 14.9 Å². The van der Waals surface area contributed by atoms with Crippen LogP contribution in [-0.4, -0.2) is 34.6 Å². The summed E-state index contributed by atoms with van der Waals surface area (Å²) in [7, 11) is 0. The molecule has 1 saturated carbocycles. The number of pyridine rings is 1. The van der Waals surface area contributed by atoms with Crippen LogP contribution in [0.25, 0.3) is 21.7 Å². The lowest BCUT2D eigenvalue weighted by Gasteiger charge is -2.27. The number of nitrogens with zero attached hydrogens (tertiary/aromatic N) is 2. The number of hydrogen-bond acceptors (Lipinski definition) is 4. The van der Waals surface area contributed by atoms with E-state index < -0.39 is 5.82 Å². The zero-order valence-electron chi connectivity index (χ0n) is 18.7. The van der Waals surface area contributed by atoms with Crippen LogP contribution >= 0.6 is 0 Å². The van der Waals surface area contributed by atoms with Gasteiger partial charge in [0.05, 0.1) is 23.3 Å². The number of aromatic nitrogens is 2. The van der Waals surface area contributed by atoms with Crippen LogP contribution in [0.2, 0.25) is 0 Å². The monoisotopic (exact) mass is 459 g/mol. The Bertz CT molecular complexity index is 1340. The van der Waals surface area contributed by atoms with Gasteiger partial charge in [-0.15, -0.1) is 0 Å². The molecule has 6 nitrogen and oxygen atoms in total. The van der Waals surface area contributed by atoms with Crippen molar-refractivity contribution in [3.8, 4) is 0 Å². The Hall–Kier alpha value is -3.74. The van der Waals surface area contributed by atoms with Crippen molar-refractivity contribution in [3.63, 3.8) is 0 Å². The molecule has 34 heavy (non-hydrogen) atoms. The van der Waals surface area contributed by atoms with E-state index in [-0.39, 0.29) is 12.0 Å². The average molecular weight is 460 g/mol. The van der Waals surface area contributed by atoms with Crippen molar-refractivity contribution < 1.29 is 18.7 Å². The molecular formula is C27H26FN3O3. The van der Waals surface area contributed by atoms with Gasteiger partial charge in [-0.3, -0.25) is 14.6 Å². The Kier molecular flexibility index (Phi) is 6.25. The van der Waals surface area contributed by atoms with Gasteiger partial charge < -0.3 is 14.6 Å². The van der Waals surface area contributed by atoms with Gasteiger partial charge in [0.1, 0.15) is 11.9 Å². The second-order valence-corrected chi connectivity index (χ2v) is 8.94. The molecule has 1 fully saturated rings. The van der Waals surface area contributed by atoms with Crippen LogP contribution in [0, 0.1) is 11.7 Å². The highest BCUT2D eigenvalue weighted by molar-refractivity contribution is 6.06. The SMILES string of the molecule is O=COC1CCC(CNC(=O)c2cc(F)cc3ccn(Cc4cc5ccccc5cn4)c23)CC1. The second kappa shape index (κ2) is 9.63. The molecule has 0 spiro atoms. The van der Waals surface area contributed by atoms with E-state index in [1.807, 2.05) is 53.4 Å². The van der Waals surface area contributed by atoms with Crippen molar-refractivity contribution in [1.29, 1.82) is 0 Å². The Morgan fingerprint density at radius 1 is 1.09 bits per heavy atom. The summed E-state index contributed by atoms with van der Waals surface area (Å²) in [6.07, 6.45) is 7.03. The largest absolute Gasteiger partial charge is 0.465 e. The summed E-state index contributed by atoms with van der Waals surface area (Å²) in [5.74, 6) is -0.416. The first-order valence-corrected chi connectivity index (χ1v) is 11.6. The van der Waals surface area contributed by atoms with Crippen molar-refractivity contribution in [2.75, 3.05) is 6.54 Å². The van der Waals surface area contributed by atoms with Crippen molar-refractivity contribution in [2.45, 2.75) is 38.3 Å². The maximum absolute atomic E-state index is 14.3. The number of fused-ring (bicyclic) bond motifs is 2. The van der Waals surface area contributed by atoms with Crippen LogP contribution in [0.5, 0.6) is 0 Å². The third-order valence-corrected chi connectivity index (χ3v) is 6.68. The number of carbonyl (C=O) groups is 2. The molecule has 0 unspecified atom stereocenters. The first kappa shape index (κ1) is 22.1. The fourth-order valence-corrected chi connectivity index (χ4v) is 4.89. The predicted octanol–water partition coefficient (Wildman–Crippen LogP) is 4.84. The summed E-state index contributed by atoms with van der Waals surface area (Å²) in [6, 6.07) is 14.6. The zero-order chi connectivity index (χ0) is 23.5. The lowest BCUT2D eigenvalue weighted by atomic mass is 9.87. The van der Waals surface area contributed by atoms with Gasteiger partial charge >= 0.3 is 0 Å². The van der Waals surface area contributed by atoms with Gasteiger partial charge in [0.25, 0.3) is 12.4 Å². The van der Waals surface area contributed by atoms with Crippen LogP contribution in [0.3, 0.4) is 0 Å². The van der Waals surface area contributed by atoms with Gasteiger partial charge in [-0.05, 0) is 61.3 Å². The Labute approximate surface area is 196 Å². The normalized spacial score (nSPS) is 18.1. The fourth-order valence-electron chi connectivity index (χ4n) is 4.89. The van der Waals surface area contributed by atoms with E-state index in [4.69, 9.17) is 4.74 Å². The van der Waals surface area contributed by atoms with E-state index in [0.29, 0.717) is 41.9 Å². The molecule has 2 aromatic carbocycles. The molecule has 5 rings (SSSR count). The maximum Gasteiger partial charge on any atom is 0.293 e. The summed E-state index contributed by atoms with van der Waals surface area (Å²) < 4.78 is 21.3. The minimum Gasteiger partial charge on any atom is -0.465 e. The predicted molar refractivity (Wildman–Crippen MR) is 128 cm³/mol. The third kappa shape index (κ3) is 4.64. The number of halogens is 1. The summed E-state index contributed by atoms with van der Waals surface area (Å²) in [5.41, 5.74) is 1.87. The minimum absolute atomic E-state index is 0.0284. The van der Waals surface area contributed by atoms with E-state index in [2.05, 4.69) is 10.3 Å². The molecule has 1 aliphatic carbocycles. The molecule has 0 aliphatic heterocycles. The molecule has 1 amide bonds. The number of carbonyl (C=O) groups excluding carboxylic acids is 2. The molecule has 0 bridgehead atoms. The zero-order valence-corrected chi connectivity index (χ0v) is 18.7. The quantitative estimate of drug-likeness (QED) is 0.402. The Balaban J connectivity index is 1.35. The highest BCUT2D eigenvalue weighted by Crippen LogP contribution is 2.27. The van der Waals surface area contributed by atoms with Crippen molar-refractivity contribution >= 4 is 34.1 Å². The standard InChI is InChI=1S/C27H26FN3O3/c28-22-11-20-9-10-31(16-23-12-19-3-1-2-4-21(19)15-29-23)26(20)25(13-22)27(33)30-14-18-5-7-24(8-6-18)34-17-32/h1-4,9-13,15,17-18,24H,5-8,14,16H2,(H,30,33). The van der Waals surface area contributed by atoms with E-state index in [1.54, 1.807) is 0 Å². The molecule has 4 aromatic rings. The van der Waals surface area contributed by atoms with Gasteiger partial charge in [-0.2, -0.15) is 0 Å². The lowest BCUT2D eigenvalue weighted by Crippen LogP contribution is -2.33. The summed E-state index contributed by atoms with van der Waals surface area (Å²) in [5, 5.41) is 5.84. The highest BCUT2D eigenvalue weighted by atomic mass is 19.1. The number of nitrogens with one attached hydrogen (secondary N) is 1. The third-order valence-electron chi connectivity index (χ3n) is 6.68. The van der Waals surface area contributed by atoms with Crippen LogP contribution in [0.15, 0.2) is 60.9 Å². The maximum atomic E-state index is 14.3. The molecular weight excluding hydrogens is 433 g/mol. The van der Waals surface area contributed by atoms with Crippen molar-refractivity contribution in [3.05, 3.63) is 78.0 Å². The molecule has 2 heterocycles. The second-order valence-electron chi connectivity index (χ2n) is 8.94. The van der Waals surface area contributed by atoms with Gasteiger partial charge in [0.15, 0.2) is 0 Å². The topological polar surface area (TPSA) is 73.2 Å². The average Bonchev–Trinajstić information content (AvgIpc) is 3.25. The summed E-state index contributed by atoms with van der Waals surface area (Å²) in [4.78, 5) is 28.2. The van der Waals surface area contributed by atoms with Gasteiger partial charge in [-0.25, -0.2) is 4.39 Å². The molecule has 1 aliphatic rings. The van der Waals surface area contributed by atoms with E-state index in [1.165, 1.54) is 12.1 Å². The van der Waals surface area contributed by atoms with Gasteiger partial charge in [-0.1, -0.05) is 24.3 Å². The van der Waals surface area contributed by atoms with Gasteiger partial charge in [0, 0.05) is 29.7 Å². The van der Waals surface area contributed by atoms with Crippen LogP contribution in [0.4, 0.5) is 4.39 Å². The Morgan fingerprint density at radius 3 is 2.68 bits per heavy atom. The summed E-state index contributed by atoms with van der Waals surface area (Å²) in [6.45, 7) is 1.49. The molecule has 0 saturated heterocycles. The Morgan fingerprint density at radius 2 is 1.88 bits per heavy atom. The molecule has 2 aromatic heterocycles. The number of benzene rings is 2.